The minimum atomic E-state index is 0.542. The lowest BCUT2D eigenvalue weighted by Gasteiger charge is -2.09. The monoisotopic (exact) mass is 259 g/mol. The molecule has 0 saturated heterocycles. The Morgan fingerprint density at radius 2 is 2.16 bits per heavy atom. The van der Waals surface area contributed by atoms with Crippen LogP contribution in [0.2, 0.25) is 0 Å². The minimum Gasteiger partial charge on any atom is -0.487 e. The van der Waals surface area contributed by atoms with Crippen LogP contribution in [0.25, 0.3) is 0 Å². The standard InChI is InChI=1S/C15H21N3O/c1-3-18-14(9-12(2)17-18)11-19-15-6-4-5-13(10-15)7-8-16/h4-6,9-10H,3,7-8,11,16H2,1-2H3. The molecule has 1 heterocycles. The van der Waals surface area contributed by atoms with Crippen molar-refractivity contribution < 1.29 is 4.74 Å². The lowest BCUT2D eigenvalue weighted by Crippen LogP contribution is -2.06. The van der Waals surface area contributed by atoms with E-state index in [0.29, 0.717) is 13.2 Å². The Morgan fingerprint density at radius 1 is 1.32 bits per heavy atom. The molecule has 0 fully saturated rings. The van der Waals surface area contributed by atoms with E-state index in [9.17, 15) is 0 Å². The Labute approximate surface area is 114 Å². The highest BCUT2D eigenvalue weighted by molar-refractivity contribution is 5.29. The van der Waals surface area contributed by atoms with Gasteiger partial charge in [0.1, 0.15) is 12.4 Å². The topological polar surface area (TPSA) is 53.1 Å². The maximum Gasteiger partial charge on any atom is 0.130 e. The van der Waals surface area contributed by atoms with Crippen molar-refractivity contribution in [1.29, 1.82) is 0 Å². The SMILES string of the molecule is CCn1nc(C)cc1COc1cccc(CCN)c1. The van der Waals surface area contributed by atoms with Crippen LogP contribution in [-0.2, 0) is 19.6 Å². The van der Waals surface area contributed by atoms with E-state index in [2.05, 4.69) is 24.2 Å². The van der Waals surface area contributed by atoms with E-state index in [1.807, 2.05) is 29.8 Å². The Kier molecular flexibility index (Phi) is 4.58. The van der Waals surface area contributed by atoms with Gasteiger partial charge >= 0.3 is 0 Å². The molecule has 0 unspecified atom stereocenters. The van der Waals surface area contributed by atoms with Crippen LogP contribution < -0.4 is 10.5 Å². The Morgan fingerprint density at radius 3 is 2.89 bits per heavy atom. The van der Waals surface area contributed by atoms with Crippen LogP contribution in [0.3, 0.4) is 0 Å². The number of hydrogen-bond donors (Lipinski definition) is 1. The van der Waals surface area contributed by atoms with Crippen LogP contribution in [0.4, 0.5) is 0 Å². The van der Waals surface area contributed by atoms with Gasteiger partial charge in [0.25, 0.3) is 0 Å². The predicted molar refractivity (Wildman–Crippen MR) is 76.2 cm³/mol. The number of aromatic nitrogens is 2. The highest BCUT2D eigenvalue weighted by Crippen LogP contribution is 2.16. The number of hydrogen-bond acceptors (Lipinski definition) is 3. The molecule has 0 spiro atoms. The summed E-state index contributed by atoms with van der Waals surface area (Å²) in [7, 11) is 0. The average molecular weight is 259 g/mol. The van der Waals surface area contributed by atoms with Gasteiger partial charge in [-0.2, -0.15) is 5.10 Å². The second-order valence-electron chi connectivity index (χ2n) is 4.57. The van der Waals surface area contributed by atoms with Crippen molar-refractivity contribution >= 4 is 0 Å². The molecule has 1 aromatic carbocycles. The van der Waals surface area contributed by atoms with Crippen LogP contribution in [-0.4, -0.2) is 16.3 Å². The highest BCUT2D eigenvalue weighted by Gasteiger charge is 2.05. The van der Waals surface area contributed by atoms with Gasteiger partial charge in [0, 0.05) is 6.54 Å². The summed E-state index contributed by atoms with van der Waals surface area (Å²) in [4.78, 5) is 0. The van der Waals surface area contributed by atoms with Gasteiger partial charge < -0.3 is 10.5 Å². The molecule has 19 heavy (non-hydrogen) atoms. The fourth-order valence-corrected chi connectivity index (χ4v) is 2.10. The summed E-state index contributed by atoms with van der Waals surface area (Å²) in [6.07, 6.45) is 0.878. The molecule has 2 N–H and O–H groups in total. The molecule has 0 aliphatic rings. The average Bonchev–Trinajstić information content (AvgIpc) is 2.78. The zero-order valence-electron chi connectivity index (χ0n) is 11.6. The van der Waals surface area contributed by atoms with Crippen LogP contribution >= 0.6 is 0 Å². The molecule has 102 valence electrons. The zero-order chi connectivity index (χ0) is 13.7. The van der Waals surface area contributed by atoms with E-state index in [1.165, 1.54) is 5.56 Å². The molecule has 2 rings (SSSR count). The van der Waals surface area contributed by atoms with Crippen LogP contribution in [0.15, 0.2) is 30.3 Å². The molecule has 1 aromatic heterocycles. The quantitative estimate of drug-likeness (QED) is 0.866. The highest BCUT2D eigenvalue weighted by atomic mass is 16.5. The summed E-state index contributed by atoms with van der Waals surface area (Å²) in [5, 5.41) is 4.41. The second-order valence-corrected chi connectivity index (χ2v) is 4.57. The summed E-state index contributed by atoms with van der Waals surface area (Å²) < 4.78 is 7.80. The molecular weight excluding hydrogens is 238 g/mol. The molecule has 0 bridgehead atoms. The fraction of sp³-hybridized carbons (Fsp3) is 0.400. The van der Waals surface area contributed by atoms with E-state index >= 15 is 0 Å². The van der Waals surface area contributed by atoms with E-state index in [-0.39, 0.29) is 0 Å². The van der Waals surface area contributed by atoms with Crippen molar-refractivity contribution in [3.05, 3.63) is 47.3 Å². The zero-order valence-corrected chi connectivity index (χ0v) is 11.6. The van der Waals surface area contributed by atoms with Crippen LogP contribution in [0.1, 0.15) is 23.9 Å². The molecular formula is C15H21N3O. The number of ether oxygens (including phenoxy) is 1. The van der Waals surface area contributed by atoms with E-state index < -0.39 is 0 Å². The third-order valence-corrected chi connectivity index (χ3v) is 3.00. The molecule has 2 aromatic rings. The molecule has 4 heteroatoms. The van der Waals surface area contributed by atoms with Crippen molar-refractivity contribution in [2.45, 2.75) is 33.4 Å². The summed E-state index contributed by atoms with van der Waals surface area (Å²) in [5.74, 6) is 0.882. The third-order valence-electron chi connectivity index (χ3n) is 3.00. The van der Waals surface area contributed by atoms with Gasteiger partial charge in [-0.25, -0.2) is 0 Å². The van der Waals surface area contributed by atoms with Gasteiger partial charge in [0.2, 0.25) is 0 Å². The molecule has 0 atom stereocenters. The minimum absolute atomic E-state index is 0.542. The third kappa shape index (κ3) is 3.58. The first kappa shape index (κ1) is 13.6. The maximum atomic E-state index is 5.83. The summed E-state index contributed by atoms with van der Waals surface area (Å²) in [5.41, 5.74) is 8.90. The molecule has 0 amide bonds. The van der Waals surface area contributed by atoms with Crippen molar-refractivity contribution in [3.63, 3.8) is 0 Å². The predicted octanol–water partition coefficient (Wildman–Crippen LogP) is 2.29. The molecule has 0 radical (unpaired) electrons. The second kappa shape index (κ2) is 6.38. The number of nitrogens with two attached hydrogens (primary N) is 1. The molecule has 0 saturated carbocycles. The smallest absolute Gasteiger partial charge is 0.130 e. The maximum absolute atomic E-state index is 5.83. The van der Waals surface area contributed by atoms with Crippen LogP contribution in [0.5, 0.6) is 5.75 Å². The van der Waals surface area contributed by atoms with Gasteiger partial charge in [-0.3, -0.25) is 4.68 Å². The van der Waals surface area contributed by atoms with Gasteiger partial charge in [0.05, 0.1) is 11.4 Å². The first-order valence-corrected chi connectivity index (χ1v) is 6.68. The summed E-state index contributed by atoms with van der Waals surface area (Å²) in [6.45, 7) is 6.14. The van der Waals surface area contributed by atoms with Gasteiger partial charge in [0.15, 0.2) is 0 Å². The molecule has 0 aliphatic heterocycles. The molecule has 0 aliphatic carbocycles. The van der Waals surface area contributed by atoms with Crippen molar-refractivity contribution in [2.24, 2.45) is 5.73 Å². The fourth-order valence-electron chi connectivity index (χ4n) is 2.10. The number of benzene rings is 1. The first-order valence-electron chi connectivity index (χ1n) is 6.68. The lowest BCUT2D eigenvalue weighted by atomic mass is 10.1. The Hall–Kier alpha value is -1.81. The summed E-state index contributed by atoms with van der Waals surface area (Å²) in [6, 6.07) is 10.2. The first-order chi connectivity index (χ1) is 9.22. The largest absolute Gasteiger partial charge is 0.487 e. The summed E-state index contributed by atoms with van der Waals surface area (Å²) >= 11 is 0. The van der Waals surface area contributed by atoms with Crippen LogP contribution in [0, 0.1) is 6.92 Å². The lowest BCUT2D eigenvalue weighted by molar-refractivity contribution is 0.292. The normalized spacial score (nSPS) is 10.7. The van der Waals surface area contributed by atoms with Gasteiger partial charge in [-0.05, 0) is 50.6 Å². The van der Waals surface area contributed by atoms with Gasteiger partial charge in [-0.1, -0.05) is 12.1 Å². The molecule has 4 nitrogen and oxygen atoms in total. The van der Waals surface area contributed by atoms with Gasteiger partial charge in [-0.15, -0.1) is 0 Å². The Bertz CT molecular complexity index is 534. The number of rotatable bonds is 6. The number of nitrogens with zero attached hydrogens (tertiary/aromatic N) is 2. The Balaban J connectivity index is 2.03. The van der Waals surface area contributed by atoms with Crippen molar-refractivity contribution in [2.75, 3.05) is 6.54 Å². The van der Waals surface area contributed by atoms with E-state index in [0.717, 1.165) is 30.1 Å². The van der Waals surface area contributed by atoms with E-state index in [1.54, 1.807) is 0 Å². The number of aryl methyl sites for hydroxylation is 2. The van der Waals surface area contributed by atoms with E-state index in [4.69, 9.17) is 10.5 Å². The van der Waals surface area contributed by atoms with Crippen molar-refractivity contribution in [1.82, 2.24) is 9.78 Å². The van der Waals surface area contributed by atoms with Crippen molar-refractivity contribution in [3.8, 4) is 5.75 Å².